The smallest absolute Gasteiger partial charge is 0.222 e. The van der Waals surface area contributed by atoms with Gasteiger partial charge in [-0.25, -0.2) is 0 Å². The zero-order valence-electron chi connectivity index (χ0n) is 12.6. The Balaban J connectivity index is 1.92. The number of hydrogen-bond acceptors (Lipinski definition) is 1. The van der Waals surface area contributed by atoms with Crippen molar-refractivity contribution in [2.24, 2.45) is 11.8 Å². The first kappa shape index (κ1) is 15.5. The van der Waals surface area contributed by atoms with E-state index in [0.717, 1.165) is 37.8 Å². The van der Waals surface area contributed by atoms with Crippen LogP contribution in [0.15, 0.2) is 0 Å². The lowest BCUT2D eigenvalue weighted by atomic mass is 9.88. The van der Waals surface area contributed by atoms with Crippen LogP contribution in [-0.4, -0.2) is 23.9 Å². The third-order valence-corrected chi connectivity index (χ3v) is 4.20. The summed E-state index contributed by atoms with van der Waals surface area (Å²) < 4.78 is 0. The summed E-state index contributed by atoms with van der Waals surface area (Å²) >= 11 is 0. The lowest BCUT2D eigenvalue weighted by Gasteiger charge is -2.41. The lowest BCUT2D eigenvalue weighted by Crippen LogP contribution is -2.51. The van der Waals surface area contributed by atoms with E-state index in [-0.39, 0.29) is 0 Å². The Kier molecular flexibility index (Phi) is 7.38. The van der Waals surface area contributed by atoms with Gasteiger partial charge in [-0.1, -0.05) is 59.3 Å². The zero-order valence-corrected chi connectivity index (χ0v) is 12.6. The third kappa shape index (κ3) is 5.41. The summed E-state index contributed by atoms with van der Waals surface area (Å²) in [5.41, 5.74) is 0. The molecule has 1 aliphatic rings. The molecule has 18 heavy (non-hydrogen) atoms. The van der Waals surface area contributed by atoms with Gasteiger partial charge in [0.2, 0.25) is 5.91 Å². The first-order valence-electron chi connectivity index (χ1n) is 7.93. The average Bonchev–Trinajstić information content (AvgIpc) is 2.25. The molecule has 2 nitrogen and oxygen atoms in total. The van der Waals surface area contributed by atoms with Crippen LogP contribution >= 0.6 is 0 Å². The van der Waals surface area contributed by atoms with Crippen molar-refractivity contribution in [2.45, 2.75) is 72.1 Å². The summed E-state index contributed by atoms with van der Waals surface area (Å²) in [6.07, 6.45) is 9.80. The number of unbranched alkanes of at least 4 members (excludes halogenated alkanes) is 6. The maximum Gasteiger partial charge on any atom is 0.222 e. The molecule has 1 fully saturated rings. The standard InChI is InChI=1S/C16H31NO/c1-4-5-6-7-8-9-10-11-16(18)17-12-15(13-17)14(2)3/h14-15H,4-13H2,1-3H3. The van der Waals surface area contributed by atoms with Crippen molar-refractivity contribution < 1.29 is 4.79 Å². The van der Waals surface area contributed by atoms with Crippen LogP contribution in [0.1, 0.15) is 72.1 Å². The molecule has 0 aromatic carbocycles. The van der Waals surface area contributed by atoms with E-state index in [9.17, 15) is 4.79 Å². The van der Waals surface area contributed by atoms with Gasteiger partial charge in [0.05, 0.1) is 0 Å². The number of rotatable bonds is 9. The summed E-state index contributed by atoms with van der Waals surface area (Å²) in [5, 5.41) is 0. The van der Waals surface area contributed by atoms with Crippen LogP contribution in [0.2, 0.25) is 0 Å². The van der Waals surface area contributed by atoms with Crippen LogP contribution in [0.25, 0.3) is 0 Å². The van der Waals surface area contributed by atoms with Gasteiger partial charge in [-0.15, -0.1) is 0 Å². The average molecular weight is 253 g/mol. The van der Waals surface area contributed by atoms with Gasteiger partial charge in [0.1, 0.15) is 0 Å². The van der Waals surface area contributed by atoms with Gasteiger partial charge in [0.15, 0.2) is 0 Å². The molecular formula is C16H31NO. The van der Waals surface area contributed by atoms with Gasteiger partial charge in [-0.3, -0.25) is 4.79 Å². The molecule has 0 aromatic heterocycles. The summed E-state index contributed by atoms with van der Waals surface area (Å²) in [5.74, 6) is 1.87. The quantitative estimate of drug-likeness (QED) is 0.563. The van der Waals surface area contributed by atoms with Crippen LogP contribution in [-0.2, 0) is 4.79 Å². The maximum atomic E-state index is 11.9. The Morgan fingerprint density at radius 3 is 2.17 bits per heavy atom. The number of amides is 1. The van der Waals surface area contributed by atoms with Gasteiger partial charge >= 0.3 is 0 Å². The summed E-state index contributed by atoms with van der Waals surface area (Å²) in [7, 11) is 0. The van der Waals surface area contributed by atoms with E-state index in [1.807, 2.05) is 4.90 Å². The molecule has 106 valence electrons. The summed E-state index contributed by atoms with van der Waals surface area (Å²) in [6, 6.07) is 0. The fourth-order valence-corrected chi connectivity index (χ4v) is 2.53. The number of nitrogens with zero attached hydrogens (tertiary/aromatic N) is 1. The molecule has 0 unspecified atom stereocenters. The second kappa shape index (κ2) is 8.55. The van der Waals surface area contributed by atoms with Crippen LogP contribution < -0.4 is 0 Å². The molecule has 0 aromatic rings. The predicted octanol–water partition coefficient (Wildman–Crippen LogP) is 4.24. The van der Waals surface area contributed by atoms with Crippen molar-refractivity contribution in [1.29, 1.82) is 0 Å². The highest BCUT2D eigenvalue weighted by Gasteiger charge is 2.31. The van der Waals surface area contributed by atoms with E-state index in [4.69, 9.17) is 0 Å². The molecular weight excluding hydrogens is 222 g/mol. The van der Waals surface area contributed by atoms with Gasteiger partial charge in [0, 0.05) is 19.5 Å². The Labute approximate surface area is 113 Å². The van der Waals surface area contributed by atoms with Crippen molar-refractivity contribution in [1.82, 2.24) is 4.90 Å². The zero-order chi connectivity index (χ0) is 13.4. The van der Waals surface area contributed by atoms with Crippen molar-refractivity contribution in [3.63, 3.8) is 0 Å². The second-order valence-electron chi connectivity index (χ2n) is 6.17. The molecule has 1 amide bonds. The molecule has 1 saturated heterocycles. The molecule has 1 heterocycles. The normalized spacial score (nSPS) is 16.1. The number of likely N-dealkylation sites (tertiary alicyclic amines) is 1. The minimum absolute atomic E-state index is 0.389. The highest BCUT2D eigenvalue weighted by molar-refractivity contribution is 5.76. The molecule has 0 spiro atoms. The van der Waals surface area contributed by atoms with E-state index in [1.165, 1.54) is 38.5 Å². The highest BCUT2D eigenvalue weighted by Crippen LogP contribution is 2.24. The van der Waals surface area contributed by atoms with Crippen LogP contribution in [0.5, 0.6) is 0 Å². The van der Waals surface area contributed by atoms with Crippen molar-refractivity contribution in [3.8, 4) is 0 Å². The Hall–Kier alpha value is -0.530. The van der Waals surface area contributed by atoms with Crippen molar-refractivity contribution in [2.75, 3.05) is 13.1 Å². The topological polar surface area (TPSA) is 20.3 Å². The molecule has 0 aliphatic carbocycles. The maximum absolute atomic E-state index is 11.9. The minimum atomic E-state index is 0.389. The Bertz CT molecular complexity index is 231. The first-order chi connectivity index (χ1) is 8.65. The van der Waals surface area contributed by atoms with Crippen LogP contribution in [0.3, 0.4) is 0 Å². The van der Waals surface area contributed by atoms with Gasteiger partial charge in [0.25, 0.3) is 0 Å². The van der Waals surface area contributed by atoms with Crippen LogP contribution in [0.4, 0.5) is 0 Å². The number of hydrogen-bond donors (Lipinski definition) is 0. The molecule has 0 N–H and O–H groups in total. The molecule has 0 radical (unpaired) electrons. The third-order valence-electron chi connectivity index (χ3n) is 4.20. The van der Waals surface area contributed by atoms with Crippen molar-refractivity contribution >= 4 is 5.91 Å². The van der Waals surface area contributed by atoms with Gasteiger partial charge in [-0.05, 0) is 18.3 Å². The lowest BCUT2D eigenvalue weighted by molar-refractivity contribution is -0.138. The van der Waals surface area contributed by atoms with E-state index in [1.54, 1.807) is 0 Å². The van der Waals surface area contributed by atoms with E-state index in [2.05, 4.69) is 20.8 Å². The van der Waals surface area contributed by atoms with Crippen LogP contribution in [0, 0.1) is 11.8 Å². The fraction of sp³-hybridized carbons (Fsp3) is 0.938. The molecule has 2 heteroatoms. The van der Waals surface area contributed by atoms with Gasteiger partial charge < -0.3 is 4.90 Å². The number of carbonyl (C=O) groups excluding carboxylic acids is 1. The molecule has 0 atom stereocenters. The SMILES string of the molecule is CCCCCCCCCC(=O)N1CC(C(C)C)C1. The molecule has 1 aliphatic heterocycles. The largest absolute Gasteiger partial charge is 0.342 e. The highest BCUT2D eigenvalue weighted by atomic mass is 16.2. The van der Waals surface area contributed by atoms with Gasteiger partial charge in [-0.2, -0.15) is 0 Å². The van der Waals surface area contributed by atoms with E-state index >= 15 is 0 Å². The summed E-state index contributed by atoms with van der Waals surface area (Å²) in [6.45, 7) is 8.77. The predicted molar refractivity (Wildman–Crippen MR) is 77.5 cm³/mol. The summed E-state index contributed by atoms with van der Waals surface area (Å²) in [4.78, 5) is 13.9. The van der Waals surface area contributed by atoms with Crippen molar-refractivity contribution in [3.05, 3.63) is 0 Å². The molecule has 0 saturated carbocycles. The Morgan fingerprint density at radius 1 is 1.06 bits per heavy atom. The van der Waals surface area contributed by atoms with E-state index < -0.39 is 0 Å². The Morgan fingerprint density at radius 2 is 1.61 bits per heavy atom. The monoisotopic (exact) mass is 253 g/mol. The minimum Gasteiger partial charge on any atom is -0.342 e. The first-order valence-corrected chi connectivity index (χ1v) is 7.93. The fourth-order valence-electron chi connectivity index (χ4n) is 2.53. The van der Waals surface area contributed by atoms with E-state index in [0.29, 0.717) is 5.91 Å². The number of carbonyl (C=O) groups is 1. The second-order valence-corrected chi connectivity index (χ2v) is 6.17. The molecule has 0 bridgehead atoms. The molecule has 1 rings (SSSR count).